The van der Waals surface area contributed by atoms with Crippen molar-refractivity contribution in [3.63, 3.8) is 0 Å². The zero-order valence-corrected chi connectivity index (χ0v) is 15.3. The summed E-state index contributed by atoms with van der Waals surface area (Å²) in [6.07, 6.45) is -3.00. The Bertz CT molecular complexity index is 1040. The van der Waals surface area contributed by atoms with E-state index in [1.54, 1.807) is 30.5 Å². The summed E-state index contributed by atoms with van der Waals surface area (Å²) in [6, 6.07) is 6.95. The Balaban J connectivity index is 1.38. The first-order valence-electron chi connectivity index (χ1n) is 8.98. The van der Waals surface area contributed by atoms with E-state index in [0.29, 0.717) is 29.5 Å². The van der Waals surface area contributed by atoms with Crippen LogP contribution < -0.4 is 4.74 Å². The monoisotopic (exact) mass is 427 g/mol. The van der Waals surface area contributed by atoms with Gasteiger partial charge in [-0.1, -0.05) is 0 Å². The average Bonchev–Trinajstić information content (AvgIpc) is 3.14. The third-order valence-electron chi connectivity index (χ3n) is 4.86. The maximum atomic E-state index is 13.8. The van der Waals surface area contributed by atoms with Gasteiger partial charge in [0.05, 0.1) is 17.5 Å². The average molecular weight is 427 g/mol. The standard InChI is InChI=1S/C20H15F6N3O/c21-15-5-13(20(24,25)26)8-27-17(15)10-30-14-3-1-11(2-4-14)16-9-28-18(29-16)12-6-19(22,23)7-12/h1-5,8-9,12H,6-7,10H2,(H,28,29). The van der Waals surface area contributed by atoms with Gasteiger partial charge in [-0.2, -0.15) is 13.2 Å². The summed E-state index contributed by atoms with van der Waals surface area (Å²) in [5.74, 6) is -3.15. The third-order valence-corrected chi connectivity index (χ3v) is 4.86. The van der Waals surface area contributed by atoms with Crippen LogP contribution >= 0.6 is 0 Å². The number of hydrogen-bond donors (Lipinski definition) is 1. The van der Waals surface area contributed by atoms with Crippen molar-refractivity contribution in [2.45, 2.75) is 37.5 Å². The first-order chi connectivity index (χ1) is 14.1. The highest BCUT2D eigenvalue weighted by Gasteiger charge is 2.47. The number of alkyl halides is 5. The van der Waals surface area contributed by atoms with E-state index in [9.17, 15) is 26.3 Å². The number of H-pyrrole nitrogens is 1. The number of aromatic amines is 1. The first kappa shape index (κ1) is 20.2. The number of imidazole rings is 1. The van der Waals surface area contributed by atoms with Crippen molar-refractivity contribution in [2.75, 3.05) is 0 Å². The second-order valence-electron chi connectivity index (χ2n) is 7.11. The molecule has 0 spiro atoms. The molecule has 158 valence electrons. The van der Waals surface area contributed by atoms with Crippen molar-refractivity contribution in [1.29, 1.82) is 0 Å². The molecule has 0 atom stereocenters. The Morgan fingerprint density at radius 2 is 1.77 bits per heavy atom. The number of ether oxygens (including phenoxy) is 1. The van der Waals surface area contributed by atoms with E-state index in [1.165, 1.54) is 0 Å². The van der Waals surface area contributed by atoms with Crippen LogP contribution in [0.1, 0.15) is 35.8 Å². The van der Waals surface area contributed by atoms with Crippen LogP contribution in [-0.4, -0.2) is 20.9 Å². The molecule has 1 N–H and O–H groups in total. The number of rotatable bonds is 5. The van der Waals surface area contributed by atoms with Gasteiger partial charge in [-0.15, -0.1) is 0 Å². The predicted octanol–water partition coefficient (Wildman–Crippen LogP) is 5.72. The summed E-state index contributed by atoms with van der Waals surface area (Å²) in [5.41, 5.74) is -0.0199. The summed E-state index contributed by atoms with van der Waals surface area (Å²) in [7, 11) is 0. The molecule has 1 fully saturated rings. The number of benzene rings is 1. The van der Waals surface area contributed by atoms with E-state index < -0.39 is 23.5 Å². The van der Waals surface area contributed by atoms with Gasteiger partial charge in [-0.3, -0.25) is 4.98 Å². The Kier molecular flexibility index (Phi) is 4.95. The summed E-state index contributed by atoms with van der Waals surface area (Å²) in [6.45, 7) is -0.340. The van der Waals surface area contributed by atoms with Crippen molar-refractivity contribution < 1.29 is 31.1 Å². The molecule has 0 saturated heterocycles. The predicted molar refractivity (Wildman–Crippen MR) is 94.5 cm³/mol. The highest BCUT2D eigenvalue weighted by Crippen LogP contribution is 2.47. The largest absolute Gasteiger partial charge is 0.487 e. The van der Waals surface area contributed by atoms with Gasteiger partial charge in [-0.05, 0) is 35.9 Å². The molecule has 1 saturated carbocycles. The van der Waals surface area contributed by atoms with Crippen LogP contribution in [0.4, 0.5) is 26.3 Å². The van der Waals surface area contributed by atoms with Crippen LogP contribution in [0.2, 0.25) is 0 Å². The van der Waals surface area contributed by atoms with Gasteiger partial charge >= 0.3 is 6.18 Å². The number of aromatic nitrogens is 3. The van der Waals surface area contributed by atoms with Crippen molar-refractivity contribution in [2.24, 2.45) is 0 Å². The van der Waals surface area contributed by atoms with E-state index in [0.717, 1.165) is 5.56 Å². The molecule has 1 aliphatic rings. The molecular weight excluding hydrogens is 412 g/mol. The Morgan fingerprint density at radius 1 is 1.07 bits per heavy atom. The molecule has 2 aromatic heterocycles. The van der Waals surface area contributed by atoms with Crippen LogP contribution in [0.25, 0.3) is 11.3 Å². The number of nitrogens with one attached hydrogen (secondary N) is 1. The maximum Gasteiger partial charge on any atom is 0.417 e. The van der Waals surface area contributed by atoms with Gasteiger partial charge in [0.2, 0.25) is 5.92 Å². The van der Waals surface area contributed by atoms with E-state index >= 15 is 0 Å². The molecule has 4 nitrogen and oxygen atoms in total. The molecule has 1 aliphatic carbocycles. The minimum Gasteiger partial charge on any atom is -0.487 e. The van der Waals surface area contributed by atoms with Crippen molar-refractivity contribution in [3.8, 4) is 17.0 Å². The lowest BCUT2D eigenvalue weighted by Gasteiger charge is -2.33. The third kappa shape index (κ3) is 4.27. The summed E-state index contributed by atoms with van der Waals surface area (Å²) in [4.78, 5) is 10.7. The van der Waals surface area contributed by atoms with Gasteiger partial charge < -0.3 is 9.72 Å². The summed E-state index contributed by atoms with van der Waals surface area (Å²) < 4.78 is 82.9. The van der Waals surface area contributed by atoms with Crippen molar-refractivity contribution in [1.82, 2.24) is 15.0 Å². The molecule has 0 radical (unpaired) electrons. The molecule has 2 heterocycles. The molecule has 3 aromatic rings. The Labute approximate surface area is 166 Å². The fourth-order valence-electron chi connectivity index (χ4n) is 3.16. The molecule has 0 bridgehead atoms. The van der Waals surface area contributed by atoms with E-state index in [2.05, 4.69) is 15.0 Å². The molecule has 0 unspecified atom stereocenters. The molecule has 0 amide bonds. The maximum absolute atomic E-state index is 13.8. The minimum atomic E-state index is -4.67. The topological polar surface area (TPSA) is 50.8 Å². The van der Waals surface area contributed by atoms with Gasteiger partial charge in [0.25, 0.3) is 0 Å². The second-order valence-corrected chi connectivity index (χ2v) is 7.11. The highest BCUT2D eigenvalue weighted by molar-refractivity contribution is 5.59. The second kappa shape index (κ2) is 7.33. The number of nitrogens with zero attached hydrogens (tertiary/aromatic N) is 2. The number of pyridine rings is 1. The molecule has 4 rings (SSSR count). The summed E-state index contributed by atoms with van der Waals surface area (Å²) >= 11 is 0. The fraction of sp³-hybridized carbons (Fsp3) is 0.300. The highest BCUT2D eigenvalue weighted by atomic mass is 19.4. The summed E-state index contributed by atoms with van der Waals surface area (Å²) in [5, 5.41) is 0. The van der Waals surface area contributed by atoms with Crippen LogP contribution in [0, 0.1) is 5.82 Å². The molecular formula is C20H15F6N3O. The lowest BCUT2D eigenvalue weighted by molar-refractivity contribution is -0.138. The normalized spacial score (nSPS) is 16.3. The zero-order valence-electron chi connectivity index (χ0n) is 15.3. The molecule has 0 aliphatic heterocycles. The zero-order chi connectivity index (χ0) is 21.5. The van der Waals surface area contributed by atoms with Crippen LogP contribution in [0.15, 0.2) is 42.7 Å². The fourth-order valence-corrected chi connectivity index (χ4v) is 3.16. The van der Waals surface area contributed by atoms with E-state index in [4.69, 9.17) is 4.74 Å². The van der Waals surface area contributed by atoms with Crippen molar-refractivity contribution in [3.05, 3.63) is 65.6 Å². The van der Waals surface area contributed by atoms with Gasteiger partial charge in [0, 0.05) is 25.0 Å². The first-order valence-corrected chi connectivity index (χ1v) is 8.98. The number of hydrogen-bond acceptors (Lipinski definition) is 3. The molecule has 30 heavy (non-hydrogen) atoms. The van der Waals surface area contributed by atoms with Gasteiger partial charge in [-0.25, -0.2) is 18.2 Å². The SMILES string of the molecule is Fc1cc(C(F)(F)F)cnc1COc1ccc(-c2cnc(C3CC(F)(F)C3)[nH]2)cc1. The van der Waals surface area contributed by atoms with E-state index in [-0.39, 0.29) is 31.1 Å². The minimum absolute atomic E-state index is 0.221. The van der Waals surface area contributed by atoms with Crippen LogP contribution in [0.5, 0.6) is 5.75 Å². The van der Waals surface area contributed by atoms with Crippen molar-refractivity contribution >= 4 is 0 Å². The number of halogens is 6. The molecule has 1 aromatic carbocycles. The van der Waals surface area contributed by atoms with Crippen LogP contribution in [0.3, 0.4) is 0 Å². The Hall–Kier alpha value is -3.04. The van der Waals surface area contributed by atoms with E-state index in [1.807, 2.05) is 0 Å². The smallest absolute Gasteiger partial charge is 0.417 e. The van der Waals surface area contributed by atoms with Gasteiger partial charge in [0.15, 0.2) is 0 Å². The molecule has 10 heteroatoms. The quantitative estimate of drug-likeness (QED) is 0.530. The lowest BCUT2D eigenvalue weighted by Crippen LogP contribution is -2.34. The lowest BCUT2D eigenvalue weighted by atomic mass is 9.81. The van der Waals surface area contributed by atoms with Gasteiger partial charge in [0.1, 0.15) is 29.7 Å². The Morgan fingerprint density at radius 3 is 2.37 bits per heavy atom. The van der Waals surface area contributed by atoms with Crippen LogP contribution in [-0.2, 0) is 12.8 Å².